The molecule has 4 nitrogen and oxygen atoms in total. The molecule has 16 heavy (non-hydrogen) atoms. The molecule has 1 aliphatic carbocycles. The molecule has 0 radical (unpaired) electrons. The molecule has 0 aromatic carbocycles. The van der Waals surface area contributed by atoms with Crippen LogP contribution in [0.3, 0.4) is 0 Å². The van der Waals surface area contributed by atoms with Crippen molar-refractivity contribution < 1.29 is 19.7 Å². The number of fused-ring (bicyclic) bond motifs is 1. The van der Waals surface area contributed by atoms with Gasteiger partial charge in [0.1, 0.15) is 6.10 Å². The third-order valence-corrected chi connectivity index (χ3v) is 3.44. The average molecular weight is 224 g/mol. The number of hydrogen-bond donors (Lipinski definition) is 2. The summed E-state index contributed by atoms with van der Waals surface area (Å²) in [4.78, 5) is 11.9. The van der Waals surface area contributed by atoms with Gasteiger partial charge in [-0.15, -0.1) is 0 Å². The van der Waals surface area contributed by atoms with Gasteiger partial charge in [-0.2, -0.15) is 0 Å². The van der Waals surface area contributed by atoms with Crippen molar-refractivity contribution in [1.82, 2.24) is 0 Å². The Morgan fingerprint density at radius 1 is 1.50 bits per heavy atom. The molecule has 4 heteroatoms. The molecule has 3 atom stereocenters. The van der Waals surface area contributed by atoms with Gasteiger partial charge in [-0.05, 0) is 38.0 Å². The Bertz CT molecular complexity index is 403. The highest BCUT2D eigenvalue weighted by molar-refractivity contribution is 6.03. The van der Waals surface area contributed by atoms with E-state index in [0.29, 0.717) is 12.2 Å². The summed E-state index contributed by atoms with van der Waals surface area (Å²) in [6.07, 6.45) is 0.655. The minimum absolute atomic E-state index is 0.305. The lowest BCUT2D eigenvalue weighted by Crippen LogP contribution is -2.56. The van der Waals surface area contributed by atoms with Gasteiger partial charge in [0.15, 0.2) is 11.4 Å². The molecule has 0 amide bonds. The molecular formula is C12H16O4. The first-order chi connectivity index (χ1) is 7.35. The Morgan fingerprint density at radius 2 is 2.12 bits per heavy atom. The summed E-state index contributed by atoms with van der Waals surface area (Å²) in [5.74, 6) is 0.000688. The third-order valence-electron chi connectivity index (χ3n) is 3.44. The largest absolute Gasteiger partial charge is 0.497 e. The van der Waals surface area contributed by atoms with E-state index in [-0.39, 0.29) is 5.92 Å². The number of rotatable bonds is 0. The smallest absolute Gasteiger partial charge is 0.192 e. The summed E-state index contributed by atoms with van der Waals surface area (Å²) in [6, 6.07) is 0. The summed E-state index contributed by atoms with van der Waals surface area (Å²) in [6.45, 7) is 5.14. The van der Waals surface area contributed by atoms with Crippen LogP contribution >= 0.6 is 0 Å². The summed E-state index contributed by atoms with van der Waals surface area (Å²) in [7, 11) is 0. The highest BCUT2D eigenvalue weighted by Crippen LogP contribution is 2.38. The van der Waals surface area contributed by atoms with Crippen molar-refractivity contribution in [3.8, 4) is 0 Å². The van der Waals surface area contributed by atoms with Crippen molar-refractivity contribution in [2.75, 3.05) is 6.61 Å². The van der Waals surface area contributed by atoms with E-state index >= 15 is 0 Å². The number of ether oxygens (including phenoxy) is 1. The maximum atomic E-state index is 11.9. The zero-order valence-corrected chi connectivity index (χ0v) is 9.65. The minimum Gasteiger partial charge on any atom is -0.497 e. The molecule has 0 bridgehead atoms. The topological polar surface area (TPSA) is 66.8 Å². The molecule has 0 aromatic rings. The summed E-state index contributed by atoms with van der Waals surface area (Å²) in [5, 5.41) is 20.0. The minimum atomic E-state index is -1.71. The lowest BCUT2D eigenvalue weighted by atomic mass is 9.71. The zero-order valence-electron chi connectivity index (χ0n) is 9.65. The normalized spacial score (nSPS) is 39.1. The summed E-state index contributed by atoms with van der Waals surface area (Å²) in [5.41, 5.74) is -0.406. The summed E-state index contributed by atoms with van der Waals surface area (Å²) < 4.78 is 5.34. The van der Waals surface area contributed by atoms with Gasteiger partial charge in [0.2, 0.25) is 0 Å². The van der Waals surface area contributed by atoms with E-state index in [9.17, 15) is 15.0 Å². The molecule has 0 fully saturated rings. The fraction of sp³-hybridized carbons (Fsp3) is 0.583. The van der Waals surface area contributed by atoms with Gasteiger partial charge in [-0.25, -0.2) is 0 Å². The van der Waals surface area contributed by atoms with Crippen LogP contribution in [0.2, 0.25) is 0 Å². The molecule has 2 N–H and O–H groups in total. The van der Waals surface area contributed by atoms with Gasteiger partial charge < -0.3 is 14.9 Å². The van der Waals surface area contributed by atoms with Crippen molar-refractivity contribution in [2.24, 2.45) is 5.92 Å². The van der Waals surface area contributed by atoms with Gasteiger partial charge in [0, 0.05) is 5.92 Å². The quantitative estimate of drug-likeness (QED) is 0.630. The first kappa shape index (κ1) is 11.4. The van der Waals surface area contributed by atoms with E-state index in [1.54, 1.807) is 19.9 Å². The van der Waals surface area contributed by atoms with Crippen LogP contribution in [0, 0.1) is 5.92 Å². The first-order valence-electron chi connectivity index (χ1n) is 5.33. The number of aliphatic hydroxyl groups excluding tert-OH is 1. The number of aliphatic hydroxyl groups is 2. The highest BCUT2D eigenvalue weighted by Gasteiger charge is 2.49. The molecule has 1 heterocycles. The number of hydrogen-bond acceptors (Lipinski definition) is 4. The van der Waals surface area contributed by atoms with E-state index < -0.39 is 17.5 Å². The van der Waals surface area contributed by atoms with E-state index in [2.05, 4.69) is 0 Å². The third kappa shape index (κ3) is 1.41. The van der Waals surface area contributed by atoms with Gasteiger partial charge in [0.05, 0.1) is 12.4 Å². The maximum Gasteiger partial charge on any atom is 0.192 e. The van der Waals surface area contributed by atoms with Gasteiger partial charge in [0.25, 0.3) is 0 Å². The van der Waals surface area contributed by atoms with Crippen LogP contribution in [0.1, 0.15) is 20.8 Å². The van der Waals surface area contributed by atoms with E-state index in [4.69, 9.17) is 4.74 Å². The van der Waals surface area contributed by atoms with Crippen molar-refractivity contribution in [3.05, 3.63) is 23.0 Å². The molecule has 0 aromatic heterocycles. The Kier molecular flexibility index (Phi) is 2.44. The summed E-state index contributed by atoms with van der Waals surface area (Å²) >= 11 is 0. The second kappa shape index (κ2) is 3.43. The molecule has 0 unspecified atom stereocenters. The number of Topliss-reactive ketones (excluding diaryl/α,β-unsaturated/α-hetero) is 1. The highest BCUT2D eigenvalue weighted by atomic mass is 16.5. The Balaban J connectivity index is 2.56. The van der Waals surface area contributed by atoms with Crippen LogP contribution in [0.15, 0.2) is 23.0 Å². The molecule has 0 saturated carbocycles. The molecule has 2 aliphatic rings. The fourth-order valence-electron chi connectivity index (χ4n) is 2.36. The van der Waals surface area contributed by atoms with Crippen molar-refractivity contribution in [1.29, 1.82) is 0 Å². The second-order valence-electron chi connectivity index (χ2n) is 4.67. The molecule has 0 spiro atoms. The number of ketones is 1. The monoisotopic (exact) mass is 224 g/mol. The van der Waals surface area contributed by atoms with E-state index in [1.807, 2.05) is 0 Å². The van der Waals surface area contributed by atoms with E-state index in [0.717, 1.165) is 11.3 Å². The van der Waals surface area contributed by atoms with Crippen LogP contribution < -0.4 is 0 Å². The van der Waals surface area contributed by atoms with Crippen molar-refractivity contribution in [3.63, 3.8) is 0 Å². The molecule has 1 aliphatic heterocycles. The Labute approximate surface area is 94.2 Å². The van der Waals surface area contributed by atoms with Gasteiger partial charge in [-0.1, -0.05) is 0 Å². The maximum absolute atomic E-state index is 11.9. The molecule has 88 valence electrons. The zero-order chi connectivity index (χ0) is 12.1. The number of allylic oxidation sites excluding steroid dienone is 2. The van der Waals surface area contributed by atoms with Crippen LogP contribution in [0.5, 0.6) is 0 Å². The van der Waals surface area contributed by atoms with Crippen LogP contribution in [0.25, 0.3) is 0 Å². The van der Waals surface area contributed by atoms with Crippen LogP contribution in [0.4, 0.5) is 0 Å². The Hall–Kier alpha value is -1.13. The van der Waals surface area contributed by atoms with Crippen molar-refractivity contribution in [2.45, 2.75) is 32.5 Å². The van der Waals surface area contributed by atoms with Crippen molar-refractivity contribution >= 4 is 5.78 Å². The van der Waals surface area contributed by atoms with Crippen LogP contribution in [-0.4, -0.2) is 34.3 Å². The number of carbonyl (C=O) groups excluding carboxylic acids is 1. The van der Waals surface area contributed by atoms with Gasteiger partial charge >= 0.3 is 0 Å². The lowest BCUT2D eigenvalue weighted by molar-refractivity contribution is -0.151. The molecular weight excluding hydrogens is 208 g/mol. The SMILES string of the molecule is CC1=CC2=C(C)C(=O)[C@](C)(O)[C@@H](O)[C@H]2CO1. The van der Waals surface area contributed by atoms with Gasteiger partial charge in [-0.3, -0.25) is 4.79 Å². The Morgan fingerprint density at radius 3 is 2.75 bits per heavy atom. The van der Waals surface area contributed by atoms with Crippen LogP contribution in [-0.2, 0) is 9.53 Å². The van der Waals surface area contributed by atoms with E-state index in [1.165, 1.54) is 6.92 Å². The lowest BCUT2D eigenvalue weighted by Gasteiger charge is -2.41. The fourth-order valence-corrected chi connectivity index (χ4v) is 2.36. The first-order valence-corrected chi connectivity index (χ1v) is 5.33. The predicted octanol–water partition coefficient (Wildman–Crippen LogP) is 0.548. The average Bonchev–Trinajstić information content (AvgIpc) is 2.24. The molecule has 2 rings (SSSR count). The molecule has 0 saturated heterocycles. The second-order valence-corrected chi connectivity index (χ2v) is 4.67. The number of carbonyl (C=O) groups is 1. The standard InChI is InChI=1S/C12H16O4/c1-6-4-8-7(2)10(13)12(3,15)11(14)9(8)5-16-6/h4,9,11,14-15H,5H2,1-3H3/t9-,11-,12-/m0/s1. The predicted molar refractivity (Wildman–Crippen MR) is 57.5 cm³/mol.